The van der Waals surface area contributed by atoms with Crippen LogP contribution in [0.25, 0.3) is 0 Å². The van der Waals surface area contributed by atoms with Gasteiger partial charge in [0.05, 0.1) is 19.5 Å². The van der Waals surface area contributed by atoms with Crippen molar-refractivity contribution in [3.8, 4) is 5.75 Å². The molecule has 1 aromatic heterocycles. The van der Waals surface area contributed by atoms with Gasteiger partial charge < -0.3 is 19.5 Å². The minimum Gasteiger partial charge on any atom is -0.497 e. The number of aromatic nitrogens is 2. The molecule has 1 aliphatic heterocycles. The molecule has 0 radical (unpaired) electrons. The predicted molar refractivity (Wildman–Crippen MR) is 91.9 cm³/mol. The van der Waals surface area contributed by atoms with E-state index in [-0.39, 0.29) is 12.1 Å². The Balaban J connectivity index is 1.53. The number of nitrogens with zero attached hydrogens (tertiary/aromatic N) is 3. The molecule has 3 rings (SSSR count). The van der Waals surface area contributed by atoms with Gasteiger partial charge >= 0.3 is 6.03 Å². The first-order chi connectivity index (χ1) is 11.8. The topological polar surface area (TPSA) is 59.4 Å². The second-order valence-corrected chi connectivity index (χ2v) is 6.01. The third-order valence-electron chi connectivity index (χ3n) is 4.42. The quantitative estimate of drug-likeness (QED) is 0.830. The molecule has 0 saturated carbocycles. The number of hydrogen-bond donors (Lipinski definition) is 1. The van der Waals surface area contributed by atoms with Crippen LogP contribution in [-0.2, 0) is 6.54 Å². The van der Waals surface area contributed by atoms with Crippen LogP contribution in [0.15, 0.2) is 43.0 Å². The van der Waals surface area contributed by atoms with Crippen LogP contribution in [0.3, 0.4) is 0 Å². The molecule has 0 unspecified atom stereocenters. The Hall–Kier alpha value is -2.50. The highest BCUT2D eigenvalue weighted by Gasteiger charge is 2.29. The van der Waals surface area contributed by atoms with Crippen LogP contribution in [-0.4, -0.2) is 40.7 Å². The minimum atomic E-state index is 0.0194. The lowest BCUT2D eigenvalue weighted by Crippen LogP contribution is -2.40. The predicted octanol–water partition coefficient (Wildman–Crippen LogP) is 2.83. The van der Waals surface area contributed by atoms with E-state index in [1.54, 1.807) is 19.6 Å². The Morgan fingerprint density at radius 3 is 3.17 bits per heavy atom. The lowest BCUT2D eigenvalue weighted by molar-refractivity contribution is 0.192. The van der Waals surface area contributed by atoms with Crippen molar-refractivity contribution in [1.82, 2.24) is 19.8 Å². The van der Waals surface area contributed by atoms with Crippen molar-refractivity contribution in [2.45, 2.75) is 31.8 Å². The normalized spacial score (nSPS) is 17.0. The highest BCUT2D eigenvalue weighted by molar-refractivity contribution is 5.75. The molecule has 1 atom stereocenters. The summed E-state index contributed by atoms with van der Waals surface area (Å²) >= 11 is 0. The molecule has 0 bridgehead atoms. The molecule has 24 heavy (non-hydrogen) atoms. The maximum absolute atomic E-state index is 12.5. The van der Waals surface area contributed by atoms with Gasteiger partial charge in [0.25, 0.3) is 0 Å². The molecule has 6 nitrogen and oxygen atoms in total. The summed E-state index contributed by atoms with van der Waals surface area (Å²) in [6.07, 6.45) is 8.41. The third kappa shape index (κ3) is 3.88. The second kappa shape index (κ2) is 7.86. The SMILES string of the molecule is COc1cccc([C@@H]2CCCN2C(=O)NCCCn2ccnc2)c1. The fourth-order valence-corrected chi connectivity index (χ4v) is 3.18. The third-order valence-corrected chi connectivity index (χ3v) is 4.42. The highest BCUT2D eigenvalue weighted by Crippen LogP contribution is 2.33. The number of urea groups is 1. The molecule has 2 aromatic rings. The molecule has 128 valence electrons. The first-order valence-electron chi connectivity index (χ1n) is 8.42. The summed E-state index contributed by atoms with van der Waals surface area (Å²) in [6, 6.07) is 8.15. The zero-order valence-electron chi connectivity index (χ0n) is 14.0. The van der Waals surface area contributed by atoms with Gasteiger partial charge in [-0.15, -0.1) is 0 Å². The van der Waals surface area contributed by atoms with E-state index >= 15 is 0 Å². The van der Waals surface area contributed by atoms with Gasteiger partial charge in [0.15, 0.2) is 0 Å². The van der Waals surface area contributed by atoms with Crippen LogP contribution in [0.2, 0.25) is 0 Å². The number of nitrogens with one attached hydrogen (secondary N) is 1. The Morgan fingerprint density at radius 2 is 2.38 bits per heavy atom. The van der Waals surface area contributed by atoms with Crippen LogP contribution in [0.5, 0.6) is 5.75 Å². The van der Waals surface area contributed by atoms with Gasteiger partial charge in [-0.1, -0.05) is 12.1 Å². The smallest absolute Gasteiger partial charge is 0.317 e. The molecule has 0 aliphatic carbocycles. The Labute approximate surface area is 142 Å². The maximum atomic E-state index is 12.5. The zero-order chi connectivity index (χ0) is 16.8. The molecule has 1 saturated heterocycles. The van der Waals surface area contributed by atoms with Gasteiger partial charge in [-0.05, 0) is 37.0 Å². The first-order valence-corrected chi connectivity index (χ1v) is 8.42. The van der Waals surface area contributed by atoms with Crippen molar-refractivity contribution in [1.29, 1.82) is 0 Å². The van der Waals surface area contributed by atoms with Gasteiger partial charge in [0, 0.05) is 32.0 Å². The van der Waals surface area contributed by atoms with Crippen molar-refractivity contribution in [3.63, 3.8) is 0 Å². The largest absolute Gasteiger partial charge is 0.497 e. The molecule has 2 amide bonds. The number of ether oxygens (including phenoxy) is 1. The summed E-state index contributed by atoms with van der Waals surface area (Å²) in [4.78, 5) is 18.5. The van der Waals surface area contributed by atoms with E-state index in [9.17, 15) is 4.79 Å². The first kappa shape index (κ1) is 16.4. The lowest BCUT2D eigenvalue weighted by Gasteiger charge is -2.25. The molecule has 1 aliphatic rings. The van der Waals surface area contributed by atoms with Gasteiger partial charge in [-0.3, -0.25) is 0 Å². The minimum absolute atomic E-state index is 0.0194. The highest BCUT2D eigenvalue weighted by atomic mass is 16.5. The molecule has 1 fully saturated rings. The zero-order valence-corrected chi connectivity index (χ0v) is 14.0. The van der Waals surface area contributed by atoms with E-state index in [4.69, 9.17) is 4.74 Å². The fraction of sp³-hybridized carbons (Fsp3) is 0.444. The average Bonchev–Trinajstić information content (AvgIpc) is 3.30. The molecule has 2 heterocycles. The number of benzene rings is 1. The van der Waals surface area contributed by atoms with Crippen LogP contribution < -0.4 is 10.1 Å². The molecule has 6 heteroatoms. The second-order valence-electron chi connectivity index (χ2n) is 6.01. The monoisotopic (exact) mass is 328 g/mol. The average molecular weight is 328 g/mol. The number of carbonyl (C=O) groups is 1. The number of amides is 2. The van der Waals surface area contributed by atoms with Crippen molar-refractivity contribution < 1.29 is 9.53 Å². The van der Waals surface area contributed by atoms with Crippen molar-refractivity contribution >= 4 is 6.03 Å². The van der Waals surface area contributed by atoms with Crippen molar-refractivity contribution in [2.24, 2.45) is 0 Å². The van der Waals surface area contributed by atoms with Crippen LogP contribution in [0, 0.1) is 0 Å². The number of rotatable bonds is 6. The van der Waals surface area contributed by atoms with Crippen LogP contribution in [0.1, 0.15) is 30.9 Å². The summed E-state index contributed by atoms with van der Waals surface area (Å²) in [5.41, 5.74) is 1.14. The summed E-state index contributed by atoms with van der Waals surface area (Å²) in [5, 5.41) is 3.04. The number of hydrogen-bond acceptors (Lipinski definition) is 3. The number of methoxy groups -OCH3 is 1. The van der Waals surface area contributed by atoms with Crippen LogP contribution >= 0.6 is 0 Å². The van der Waals surface area contributed by atoms with E-state index in [1.165, 1.54) is 0 Å². The molecule has 0 spiro atoms. The van der Waals surface area contributed by atoms with Gasteiger partial charge in [0.2, 0.25) is 0 Å². The summed E-state index contributed by atoms with van der Waals surface area (Å²) < 4.78 is 7.31. The van der Waals surface area contributed by atoms with Gasteiger partial charge in [-0.2, -0.15) is 0 Å². The van der Waals surface area contributed by atoms with Crippen LogP contribution in [0.4, 0.5) is 4.79 Å². The Kier molecular flexibility index (Phi) is 5.36. The lowest BCUT2D eigenvalue weighted by atomic mass is 10.0. The maximum Gasteiger partial charge on any atom is 0.317 e. The standard InChI is InChI=1S/C18H24N4O2/c1-24-16-6-2-5-15(13-16)17-7-3-11-22(17)18(23)20-8-4-10-21-12-9-19-14-21/h2,5-6,9,12-14,17H,3-4,7-8,10-11H2,1H3,(H,20,23)/t17-/m0/s1. The number of aryl methyl sites for hydroxylation is 1. The van der Waals surface area contributed by atoms with E-state index in [0.29, 0.717) is 6.54 Å². The fourth-order valence-electron chi connectivity index (χ4n) is 3.18. The van der Waals surface area contributed by atoms with E-state index in [1.807, 2.05) is 33.9 Å². The summed E-state index contributed by atoms with van der Waals surface area (Å²) in [7, 11) is 1.67. The summed E-state index contributed by atoms with van der Waals surface area (Å²) in [5.74, 6) is 0.833. The van der Waals surface area contributed by atoms with E-state index < -0.39 is 0 Å². The Bertz CT molecular complexity index is 657. The number of imidazole rings is 1. The van der Waals surface area contributed by atoms with Crippen molar-refractivity contribution in [3.05, 3.63) is 48.5 Å². The van der Waals surface area contributed by atoms with E-state index in [2.05, 4.69) is 16.4 Å². The van der Waals surface area contributed by atoms with E-state index in [0.717, 1.165) is 43.7 Å². The number of likely N-dealkylation sites (tertiary alicyclic amines) is 1. The van der Waals surface area contributed by atoms with Gasteiger partial charge in [-0.25, -0.2) is 9.78 Å². The number of carbonyl (C=O) groups excluding carboxylic acids is 1. The summed E-state index contributed by atoms with van der Waals surface area (Å²) in [6.45, 7) is 2.33. The molecule has 1 aromatic carbocycles. The van der Waals surface area contributed by atoms with Gasteiger partial charge in [0.1, 0.15) is 5.75 Å². The molecular weight excluding hydrogens is 304 g/mol. The molecular formula is C18H24N4O2. The Morgan fingerprint density at radius 1 is 1.46 bits per heavy atom. The van der Waals surface area contributed by atoms with Crippen molar-refractivity contribution in [2.75, 3.05) is 20.2 Å². The molecule has 1 N–H and O–H groups in total.